The van der Waals surface area contributed by atoms with Crippen molar-refractivity contribution in [1.82, 2.24) is 4.37 Å². The number of aromatic nitrogens is 1. The van der Waals surface area contributed by atoms with Crippen LogP contribution in [0.15, 0.2) is 10.2 Å². The average Bonchev–Trinajstić information content (AvgIpc) is 2.65. The van der Waals surface area contributed by atoms with Gasteiger partial charge in [-0.15, -0.1) is 0 Å². The number of alkyl halides is 2. The lowest BCUT2D eigenvalue weighted by molar-refractivity contribution is 0.583. The number of halogens is 2. The van der Waals surface area contributed by atoms with Crippen molar-refractivity contribution in [3.8, 4) is 0 Å². The Morgan fingerprint density at radius 3 is 2.56 bits per heavy atom. The van der Waals surface area contributed by atoms with Crippen molar-refractivity contribution in [2.24, 2.45) is 0 Å². The molecule has 0 aliphatic carbocycles. The van der Waals surface area contributed by atoms with E-state index in [0.717, 1.165) is 12.8 Å². The first-order valence-electron chi connectivity index (χ1n) is 5.62. The topological polar surface area (TPSA) is 32.9 Å². The van der Waals surface area contributed by atoms with Crippen LogP contribution in [0.4, 0.5) is 0 Å². The molecule has 16 heavy (non-hydrogen) atoms. The van der Waals surface area contributed by atoms with Crippen molar-refractivity contribution >= 4 is 34.7 Å². The summed E-state index contributed by atoms with van der Waals surface area (Å²) in [6, 6.07) is 0. The molecule has 5 heteroatoms. The van der Waals surface area contributed by atoms with Gasteiger partial charge in [0.15, 0.2) is 0 Å². The van der Waals surface area contributed by atoms with Crippen molar-refractivity contribution in [3.63, 3.8) is 0 Å². The molecule has 1 N–H and O–H groups in total. The van der Waals surface area contributed by atoms with Crippen LogP contribution in [0, 0.1) is 0 Å². The first-order valence-corrected chi connectivity index (χ1v) is 7.26. The summed E-state index contributed by atoms with van der Waals surface area (Å²) in [5.74, 6) is 0. The van der Waals surface area contributed by atoms with E-state index in [1.54, 1.807) is 5.38 Å². The summed E-state index contributed by atoms with van der Waals surface area (Å²) in [6.45, 7) is 2.18. The van der Waals surface area contributed by atoms with E-state index in [4.69, 9.17) is 23.2 Å². The quantitative estimate of drug-likeness (QED) is 0.582. The zero-order valence-electron chi connectivity index (χ0n) is 9.39. The van der Waals surface area contributed by atoms with Gasteiger partial charge in [0.05, 0.1) is 5.56 Å². The molecule has 0 saturated heterocycles. The standard InChI is InChI=1S/C11H17Cl2NOS/c1-2-3-4-5-6-7-11(12,13)9-8-16-14-10(9)15/h8H,2-7H2,1H3,(H,14,15). The molecule has 0 radical (unpaired) electrons. The summed E-state index contributed by atoms with van der Waals surface area (Å²) in [5.41, 5.74) is 0.319. The van der Waals surface area contributed by atoms with Crippen LogP contribution in [0.2, 0.25) is 0 Å². The summed E-state index contributed by atoms with van der Waals surface area (Å²) >= 11 is 13.6. The lowest BCUT2D eigenvalue weighted by atomic mass is 10.1. The fourth-order valence-corrected chi connectivity index (χ4v) is 2.97. The Bertz CT molecular complexity index is 359. The lowest BCUT2D eigenvalue weighted by Crippen LogP contribution is -2.19. The maximum Gasteiger partial charge on any atom is 0.264 e. The highest BCUT2D eigenvalue weighted by Gasteiger charge is 2.29. The second kappa shape index (κ2) is 6.67. The van der Waals surface area contributed by atoms with Gasteiger partial charge in [-0.05, 0) is 6.42 Å². The number of unbranched alkanes of at least 4 members (excludes halogenated alkanes) is 4. The molecule has 0 atom stereocenters. The Kier molecular flexibility index (Phi) is 5.87. The Morgan fingerprint density at radius 2 is 2.00 bits per heavy atom. The molecular weight excluding hydrogens is 265 g/mol. The van der Waals surface area contributed by atoms with Gasteiger partial charge in [-0.1, -0.05) is 73.8 Å². The number of hydrogen-bond acceptors (Lipinski definition) is 2. The van der Waals surface area contributed by atoms with Gasteiger partial charge in [0.25, 0.3) is 5.56 Å². The van der Waals surface area contributed by atoms with E-state index in [9.17, 15) is 4.79 Å². The van der Waals surface area contributed by atoms with Crippen LogP contribution in [0.3, 0.4) is 0 Å². The normalized spacial score (nSPS) is 11.9. The Hall–Kier alpha value is 0.01000. The largest absolute Gasteiger partial charge is 0.277 e. The Morgan fingerprint density at radius 1 is 1.31 bits per heavy atom. The molecule has 0 amide bonds. The van der Waals surface area contributed by atoms with Gasteiger partial charge >= 0.3 is 0 Å². The maximum absolute atomic E-state index is 11.4. The first kappa shape index (κ1) is 14.1. The third-order valence-corrected chi connectivity index (χ3v) is 4.00. The minimum absolute atomic E-state index is 0.163. The second-order valence-electron chi connectivity index (χ2n) is 3.95. The average molecular weight is 282 g/mol. The van der Waals surface area contributed by atoms with E-state index in [1.807, 2.05) is 0 Å². The van der Waals surface area contributed by atoms with Crippen LogP contribution in [0.25, 0.3) is 0 Å². The van der Waals surface area contributed by atoms with Gasteiger partial charge in [0.2, 0.25) is 0 Å². The number of H-pyrrole nitrogens is 1. The minimum atomic E-state index is -1.03. The summed E-state index contributed by atoms with van der Waals surface area (Å²) in [5, 5.41) is 1.70. The zero-order chi connectivity index (χ0) is 12.0. The molecular formula is C11H17Cl2NOS. The van der Waals surface area contributed by atoms with Gasteiger partial charge in [-0.3, -0.25) is 9.17 Å². The molecule has 0 spiro atoms. The van der Waals surface area contributed by atoms with Gasteiger partial charge in [-0.25, -0.2) is 0 Å². The third-order valence-electron chi connectivity index (χ3n) is 2.56. The fraction of sp³-hybridized carbons (Fsp3) is 0.727. The van der Waals surface area contributed by atoms with Crippen LogP contribution in [0.5, 0.6) is 0 Å². The van der Waals surface area contributed by atoms with Crippen LogP contribution in [-0.4, -0.2) is 4.37 Å². The van der Waals surface area contributed by atoms with Gasteiger partial charge in [0, 0.05) is 5.38 Å². The summed E-state index contributed by atoms with van der Waals surface area (Å²) in [7, 11) is 0. The lowest BCUT2D eigenvalue weighted by Gasteiger charge is -2.16. The molecule has 0 fully saturated rings. The van der Waals surface area contributed by atoms with Crippen molar-refractivity contribution in [3.05, 3.63) is 21.3 Å². The van der Waals surface area contributed by atoms with E-state index in [0.29, 0.717) is 12.0 Å². The van der Waals surface area contributed by atoms with Crippen LogP contribution >= 0.6 is 34.7 Å². The van der Waals surface area contributed by atoms with Crippen molar-refractivity contribution in [2.45, 2.75) is 49.8 Å². The zero-order valence-corrected chi connectivity index (χ0v) is 11.7. The number of hydrogen-bond donors (Lipinski definition) is 1. The van der Waals surface area contributed by atoms with Crippen molar-refractivity contribution in [2.75, 3.05) is 0 Å². The van der Waals surface area contributed by atoms with E-state index >= 15 is 0 Å². The maximum atomic E-state index is 11.4. The first-order chi connectivity index (χ1) is 7.58. The Labute approximate surface area is 110 Å². The van der Waals surface area contributed by atoms with Crippen LogP contribution in [-0.2, 0) is 4.33 Å². The van der Waals surface area contributed by atoms with Gasteiger partial charge < -0.3 is 0 Å². The van der Waals surface area contributed by atoms with Gasteiger partial charge in [-0.2, -0.15) is 0 Å². The highest BCUT2D eigenvalue weighted by atomic mass is 35.5. The summed E-state index contributed by atoms with van der Waals surface area (Å²) < 4.78 is 1.57. The predicted molar refractivity (Wildman–Crippen MR) is 71.7 cm³/mol. The molecule has 0 aliphatic heterocycles. The van der Waals surface area contributed by atoms with E-state index in [-0.39, 0.29) is 5.56 Å². The predicted octanol–water partition coefficient (Wildman–Crippen LogP) is 4.43. The molecule has 0 bridgehead atoms. The van der Waals surface area contributed by atoms with Crippen molar-refractivity contribution < 1.29 is 0 Å². The summed E-state index contributed by atoms with van der Waals surface area (Å²) in [6.07, 6.45) is 6.40. The monoisotopic (exact) mass is 281 g/mol. The molecule has 0 saturated carbocycles. The fourth-order valence-electron chi connectivity index (χ4n) is 1.59. The van der Waals surface area contributed by atoms with E-state index < -0.39 is 4.33 Å². The van der Waals surface area contributed by atoms with E-state index in [1.165, 1.54) is 30.8 Å². The minimum Gasteiger partial charge on any atom is -0.277 e. The molecule has 1 aromatic heterocycles. The number of aromatic amines is 1. The van der Waals surface area contributed by atoms with Crippen molar-refractivity contribution in [1.29, 1.82) is 0 Å². The van der Waals surface area contributed by atoms with Gasteiger partial charge in [0.1, 0.15) is 4.33 Å². The number of nitrogens with one attached hydrogen (secondary N) is 1. The second-order valence-corrected chi connectivity index (χ2v) is 6.11. The Balaban J connectivity index is 2.41. The SMILES string of the molecule is CCCCCCCC(Cl)(Cl)c1cs[nH]c1=O. The highest BCUT2D eigenvalue weighted by Crippen LogP contribution is 2.37. The number of rotatable bonds is 7. The third kappa shape index (κ3) is 4.11. The molecule has 1 rings (SSSR count). The molecule has 0 aliphatic rings. The molecule has 1 aromatic rings. The molecule has 92 valence electrons. The summed E-state index contributed by atoms with van der Waals surface area (Å²) in [4.78, 5) is 11.4. The van der Waals surface area contributed by atoms with Crippen LogP contribution in [0.1, 0.15) is 51.0 Å². The molecule has 0 aromatic carbocycles. The highest BCUT2D eigenvalue weighted by molar-refractivity contribution is 7.03. The van der Waals surface area contributed by atoms with Crippen LogP contribution < -0.4 is 5.56 Å². The molecule has 0 unspecified atom stereocenters. The van der Waals surface area contributed by atoms with E-state index in [2.05, 4.69) is 11.3 Å². The molecule has 1 heterocycles. The smallest absolute Gasteiger partial charge is 0.264 e. The molecule has 2 nitrogen and oxygen atoms in total.